The van der Waals surface area contributed by atoms with E-state index in [-0.39, 0.29) is 28.4 Å². The maximum atomic E-state index is 14.4. The van der Waals surface area contributed by atoms with E-state index in [1.165, 1.54) is 0 Å². The van der Waals surface area contributed by atoms with Gasteiger partial charge < -0.3 is 9.15 Å². The van der Waals surface area contributed by atoms with Crippen LogP contribution in [0.3, 0.4) is 0 Å². The molecule has 1 aromatic heterocycles. The van der Waals surface area contributed by atoms with Gasteiger partial charge in [-0.25, -0.2) is 9.28 Å². The second-order valence-electron chi connectivity index (χ2n) is 10.4. The van der Waals surface area contributed by atoms with Crippen molar-refractivity contribution >= 4 is 28.3 Å². The van der Waals surface area contributed by atoms with Crippen LogP contribution in [0.25, 0.3) is 11.0 Å². The molecular formula is C30H40NO4+. The normalized spacial score (nSPS) is 12.2. The lowest BCUT2D eigenvalue weighted by molar-refractivity contribution is -0.130. The standard InChI is InChI=1S/C30H40NO4/c1-7-9-18-31(19-10-8-2,22-14-12-11-13-15-22)27(32)21-25-24-20-23(34-6)16-17-26(24)35-28(25)29(33)30(3,4)5/h11-17,20H,7-10,18-19,21H2,1-6H3/q+1. The van der Waals surface area contributed by atoms with Crippen LogP contribution in [0, 0.1) is 5.41 Å². The molecule has 3 rings (SSSR count). The second kappa shape index (κ2) is 11.2. The average Bonchev–Trinajstić information content (AvgIpc) is 3.20. The zero-order chi connectivity index (χ0) is 25.6. The van der Waals surface area contributed by atoms with Gasteiger partial charge in [0.05, 0.1) is 26.6 Å². The van der Waals surface area contributed by atoms with Crippen LogP contribution in [0.15, 0.2) is 52.9 Å². The predicted molar refractivity (Wildman–Crippen MR) is 143 cm³/mol. The Morgan fingerprint density at radius 2 is 1.57 bits per heavy atom. The van der Waals surface area contributed by atoms with E-state index in [9.17, 15) is 9.59 Å². The van der Waals surface area contributed by atoms with Crippen molar-refractivity contribution in [2.24, 2.45) is 5.41 Å². The van der Waals surface area contributed by atoms with E-state index in [0.29, 0.717) is 16.9 Å². The first-order chi connectivity index (χ1) is 16.7. The number of fused-ring (bicyclic) bond motifs is 1. The molecule has 0 saturated carbocycles. The van der Waals surface area contributed by atoms with Crippen LogP contribution in [0.4, 0.5) is 5.69 Å². The first kappa shape index (κ1) is 26.7. The van der Waals surface area contributed by atoms with Crippen molar-refractivity contribution in [2.45, 2.75) is 66.7 Å². The number of Topliss-reactive ketones (excluding diaryl/α,β-unsaturated/α-hetero) is 1. The minimum atomic E-state index is -0.633. The highest BCUT2D eigenvalue weighted by Gasteiger charge is 2.40. The summed E-state index contributed by atoms with van der Waals surface area (Å²) < 4.78 is 11.8. The molecule has 0 aliphatic carbocycles. The largest absolute Gasteiger partial charge is 0.497 e. The van der Waals surface area contributed by atoms with Gasteiger partial charge in [0, 0.05) is 16.4 Å². The summed E-state index contributed by atoms with van der Waals surface area (Å²) in [6.07, 6.45) is 4.02. The molecule has 188 valence electrons. The number of carbonyl (C=O) groups excluding carboxylic acids is 2. The molecule has 0 aliphatic rings. The zero-order valence-electron chi connectivity index (χ0n) is 22.1. The van der Waals surface area contributed by atoms with Crippen molar-refractivity contribution in [3.63, 3.8) is 0 Å². The molecule has 0 unspecified atom stereocenters. The van der Waals surface area contributed by atoms with Crippen LogP contribution in [0.1, 0.15) is 76.4 Å². The van der Waals surface area contributed by atoms with E-state index in [1.54, 1.807) is 7.11 Å². The van der Waals surface area contributed by atoms with Gasteiger partial charge >= 0.3 is 5.91 Å². The summed E-state index contributed by atoms with van der Waals surface area (Å²) in [6.45, 7) is 11.4. The maximum absolute atomic E-state index is 14.4. The molecule has 2 aromatic carbocycles. The summed E-state index contributed by atoms with van der Waals surface area (Å²) in [5, 5.41) is 0.766. The molecular weight excluding hydrogens is 438 g/mol. The lowest BCUT2D eigenvalue weighted by Gasteiger charge is -2.36. The number of hydrogen-bond donors (Lipinski definition) is 0. The molecule has 0 radical (unpaired) electrons. The van der Waals surface area contributed by atoms with E-state index in [1.807, 2.05) is 57.2 Å². The number of ketones is 1. The maximum Gasteiger partial charge on any atom is 0.323 e. The van der Waals surface area contributed by atoms with Gasteiger partial charge in [-0.15, -0.1) is 0 Å². The number of furan rings is 1. The van der Waals surface area contributed by atoms with Crippen LogP contribution < -0.4 is 9.22 Å². The molecule has 0 N–H and O–H groups in total. The molecule has 0 aliphatic heterocycles. The summed E-state index contributed by atoms with van der Waals surface area (Å²) >= 11 is 0. The number of amides is 1. The van der Waals surface area contributed by atoms with E-state index in [0.717, 1.165) is 49.8 Å². The highest BCUT2D eigenvalue weighted by Crippen LogP contribution is 2.35. The van der Waals surface area contributed by atoms with Crippen molar-refractivity contribution in [3.05, 3.63) is 59.9 Å². The average molecular weight is 479 g/mol. The molecule has 1 heterocycles. The van der Waals surface area contributed by atoms with Crippen molar-refractivity contribution in [1.82, 2.24) is 4.48 Å². The molecule has 1 amide bonds. The Labute approximate surface area is 209 Å². The van der Waals surface area contributed by atoms with Crippen molar-refractivity contribution in [3.8, 4) is 5.75 Å². The van der Waals surface area contributed by atoms with Crippen LogP contribution >= 0.6 is 0 Å². The number of quaternary nitrogens is 1. The van der Waals surface area contributed by atoms with Gasteiger partial charge in [-0.1, -0.05) is 65.7 Å². The molecule has 5 nitrogen and oxygen atoms in total. The minimum Gasteiger partial charge on any atom is -0.497 e. The third-order valence-corrected chi connectivity index (χ3v) is 6.73. The fourth-order valence-corrected chi connectivity index (χ4v) is 4.59. The summed E-state index contributed by atoms with van der Waals surface area (Å²) in [5.74, 6) is 0.941. The first-order valence-corrected chi connectivity index (χ1v) is 12.8. The Hall–Kier alpha value is -2.92. The van der Waals surface area contributed by atoms with Crippen LogP contribution in [0.5, 0.6) is 5.75 Å². The number of methoxy groups -OCH3 is 1. The third-order valence-electron chi connectivity index (χ3n) is 6.73. The molecule has 0 bridgehead atoms. The number of benzene rings is 2. The van der Waals surface area contributed by atoms with Crippen molar-refractivity contribution in [1.29, 1.82) is 0 Å². The number of carbonyl (C=O) groups is 2. The third kappa shape index (κ3) is 5.67. The summed E-state index contributed by atoms with van der Waals surface area (Å²) in [7, 11) is 1.61. The lowest BCUT2D eigenvalue weighted by atomic mass is 9.87. The predicted octanol–water partition coefficient (Wildman–Crippen LogP) is 7.35. The molecule has 0 saturated heterocycles. The SMILES string of the molecule is CCCC[N+](CCCC)(C(=O)Cc1c(C(=O)C(C)(C)C)oc2ccc(OC)cc12)c1ccccc1. The number of rotatable bonds is 11. The molecule has 35 heavy (non-hydrogen) atoms. The smallest absolute Gasteiger partial charge is 0.323 e. The van der Waals surface area contributed by atoms with Gasteiger partial charge in [0.25, 0.3) is 0 Å². The van der Waals surface area contributed by atoms with Crippen LogP contribution in [0.2, 0.25) is 0 Å². The Balaban J connectivity index is 2.18. The zero-order valence-corrected chi connectivity index (χ0v) is 22.1. The summed E-state index contributed by atoms with van der Waals surface area (Å²) in [6, 6.07) is 15.6. The molecule has 3 aromatic rings. The number of para-hydroxylation sites is 1. The van der Waals surface area contributed by atoms with Crippen molar-refractivity contribution in [2.75, 3.05) is 20.2 Å². The Kier molecular flexibility index (Phi) is 8.55. The van der Waals surface area contributed by atoms with Gasteiger partial charge in [0.15, 0.2) is 5.76 Å². The lowest BCUT2D eigenvalue weighted by Crippen LogP contribution is -2.56. The van der Waals surface area contributed by atoms with Gasteiger partial charge in [0.2, 0.25) is 5.78 Å². The van der Waals surface area contributed by atoms with E-state index >= 15 is 0 Å². The number of ether oxygens (including phenoxy) is 1. The molecule has 0 atom stereocenters. The second-order valence-corrected chi connectivity index (χ2v) is 10.4. The van der Waals surface area contributed by atoms with E-state index < -0.39 is 5.41 Å². The van der Waals surface area contributed by atoms with Crippen molar-refractivity contribution < 1.29 is 18.7 Å². The number of unbranched alkanes of at least 4 members (excludes halogenated alkanes) is 2. The fourth-order valence-electron chi connectivity index (χ4n) is 4.59. The quantitative estimate of drug-likeness (QED) is 0.214. The number of hydrogen-bond acceptors (Lipinski definition) is 4. The fraction of sp³-hybridized carbons (Fsp3) is 0.467. The van der Waals surface area contributed by atoms with E-state index in [2.05, 4.69) is 26.0 Å². The molecule has 5 heteroatoms. The summed E-state index contributed by atoms with van der Waals surface area (Å²) in [5.41, 5.74) is 1.64. The van der Waals surface area contributed by atoms with Crippen LogP contribution in [-0.4, -0.2) is 31.9 Å². The van der Waals surface area contributed by atoms with Gasteiger partial charge in [-0.3, -0.25) is 4.79 Å². The molecule has 0 spiro atoms. The Morgan fingerprint density at radius 1 is 0.943 bits per heavy atom. The monoisotopic (exact) mass is 478 g/mol. The highest BCUT2D eigenvalue weighted by atomic mass is 16.5. The number of nitrogens with zero attached hydrogens (tertiary/aromatic N) is 1. The van der Waals surface area contributed by atoms with E-state index in [4.69, 9.17) is 9.15 Å². The topological polar surface area (TPSA) is 56.5 Å². The minimum absolute atomic E-state index is 0.0894. The Morgan fingerprint density at radius 3 is 2.11 bits per heavy atom. The van der Waals surface area contributed by atoms with Gasteiger partial charge in [0.1, 0.15) is 17.0 Å². The Bertz CT molecular complexity index is 1150. The van der Waals surface area contributed by atoms with Crippen LogP contribution in [-0.2, 0) is 11.2 Å². The van der Waals surface area contributed by atoms with Gasteiger partial charge in [-0.2, -0.15) is 0 Å². The summed E-state index contributed by atoms with van der Waals surface area (Å²) in [4.78, 5) is 27.8. The first-order valence-electron chi connectivity index (χ1n) is 12.8. The highest BCUT2D eigenvalue weighted by molar-refractivity contribution is 6.05. The van der Waals surface area contributed by atoms with Gasteiger partial charge in [-0.05, 0) is 43.2 Å². The molecule has 0 fully saturated rings.